The first-order chi connectivity index (χ1) is 18.1. The maximum Gasteiger partial charge on any atom is 0.330 e. The number of hydrogen-bond acceptors (Lipinski definition) is 9. The van der Waals surface area contributed by atoms with Crippen molar-refractivity contribution >= 4 is 15.9 Å². The van der Waals surface area contributed by atoms with E-state index in [9.17, 15) is 18.6 Å². The summed E-state index contributed by atoms with van der Waals surface area (Å²) >= 11 is 0. The van der Waals surface area contributed by atoms with Gasteiger partial charge in [0.05, 0.1) is 30.3 Å². The van der Waals surface area contributed by atoms with Crippen LogP contribution in [0.25, 0.3) is 0 Å². The van der Waals surface area contributed by atoms with Crippen molar-refractivity contribution < 1.29 is 37.6 Å². The first-order valence-electron chi connectivity index (χ1n) is 11.8. The fourth-order valence-corrected chi connectivity index (χ4v) is 4.90. The highest BCUT2D eigenvalue weighted by Crippen LogP contribution is 2.43. The van der Waals surface area contributed by atoms with Gasteiger partial charge in [-0.05, 0) is 50.2 Å². The van der Waals surface area contributed by atoms with E-state index in [2.05, 4.69) is 4.98 Å². The van der Waals surface area contributed by atoms with Crippen LogP contribution >= 0.6 is 0 Å². The van der Waals surface area contributed by atoms with Gasteiger partial charge in [-0.15, -0.1) is 0 Å². The Labute approximate surface area is 220 Å². The number of anilines is 1. The number of aromatic nitrogens is 1. The van der Waals surface area contributed by atoms with Crippen molar-refractivity contribution in [1.29, 1.82) is 0 Å². The van der Waals surface area contributed by atoms with Crippen molar-refractivity contribution in [2.75, 3.05) is 17.5 Å². The maximum absolute atomic E-state index is 12.1. The topological polar surface area (TPSA) is 140 Å². The first-order valence-corrected chi connectivity index (χ1v) is 13.3. The lowest BCUT2D eigenvalue weighted by molar-refractivity contribution is 0.0546. The quantitative estimate of drug-likeness (QED) is 0.367. The summed E-state index contributed by atoms with van der Waals surface area (Å²) in [5, 5.41) is 19.3. The second kappa shape index (κ2) is 9.95. The smallest absolute Gasteiger partial charge is 0.330 e. The number of fused-ring (bicyclic) bond motifs is 1. The third-order valence-corrected chi connectivity index (χ3v) is 7.04. The molecular formula is C26H27N3O8S. The first kappa shape index (κ1) is 25.5. The van der Waals surface area contributed by atoms with Crippen LogP contribution in [0.2, 0.25) is 0 Å². The molecular weight excluding hydrogens is 514 g/mol. The highest BCUT2D eigenvalue weighted by Gasteiger charge is 2.30. The lowest BCUT2D eigenvalue weighted by Crippen LogP contribution is -2.29. The van der Waals surface area contributed by atoms with Crippen LogP contribution in [-0.4, -0.2) is 42.4 Å². The van der Waals surface area contributed by atoms with Gasteiger partial charge in [0.25, 0.3) is 0 Å². The molecule has 2 aliphatic rings. The van der Waals surface area contributed by atoms with E-state index in [0.717, 1.165) is 16.1 Å². The Hall–Kier alpha value is -4.16. The highest BCUT2D eigenvalue weighted by atomic mass is 32.2. The van der Waals surface area contributed by atoms with Gasteiger partial charge < -0.3 is 29.2 Å². The minimum absolute atomic E-state index is 0.269. The molecule has 2 aliphatic heterocycles. The zero-order valence-corrected chi connectivity index (χ0v) is 21.5. The fraction of sp³-hybridized carbons (Fsp3) is 0.269. The summed E-state index contributed by atoms with van der Waals surface area (Å²) in [6.45, 7) is 4.05. The molecule has 0 amide bonds. The number of para-hydroxylation sites is 1. The average Bonchev–Trinajstić information content (AvgIpc) is 3.39. The minimum Gasteiger partial charge on any atom is -0.493 e. The molecule has 1 aromatic heterocycles. The second-order valence-corrected chi connectivity index (χ2v) is 10.9. The lowest BCUT2D eigenvalue weighted by Gasteiger charge is -2.16. The van der Waals surface area contributed by atoms with Crippen LogP contribution in [0.3, 0.4) is 0 Å². The standard InChI is InChI=1S/C26H27N3O8S/c1-26(2,31)12-13-34-24-11-10-19(14-27-24)37-21-5-3-4-20-22(16-35-25(20)21)36-18-8-6-17(7-9-18)29-15-23(30)28-38(29,32)33/h3-11,14-15,22,28,30-31H,12-13,16H2,1-2H3/t22-/m1/s1. The van der Waals surface area contributed by atoms with Gasteiger partial charge in [-0.2, -0.15) is 8.42 Å². The van der Waals surface area contributed by atoms with Gasteiger partial charge >= 0.3 is 10.2 Å². The van der Waals surface area contributed by atoms with Gasteiger partial charge in [-0.3, -0.25) is 0 Å². The van der Waals surface area contributed by atoms with Crippen LogP contribution < -0.4 is 28.0 Å². The van der Waals surface area contributed by atoms with Crippen LogP contribution in [-0.2, 0) is 10.2 Å². The Morgan fingerprint density at radius 3 is 2.55 bits per heavy atom. The van der Waals surface area contributed by atoms with Gasteiger partial charge in [-0.1, -0.05) is 12.1 Å². The number of nitrogens with zero attached hydrogens (tertiary/aromatic N) is 2. The van der Waals surface area contributed by atoms with E-state index >= 15 is 0 Å². The molecule has 2 aromatic carbocycles. The molecule has 3 N–H and O–H groups in total. The molecule has 0 aliphatic carbocycles. The number of pyridine rings is 1. The maximum atomic E-state index is 12.1. The third kappa shape index (κ3) is 5.71. The summed E-state index contributed by atoms with van der Waals surface area (Å²) < 4.78 is 50.6. The predicted molar refractivity (Wildman–Crippen MR) is 138 cm³/mol. The Morgan fingerprint density at radius 2 is 1.89 bits per heavy atom. The SMILES string of the molecule is CC(C)(O)CCOc1ccc(Oc2cccc3c2OC[C@H]3Oc2ccc(N3C=C(O)NS3(=O)=O)cc2)cn1. The molecule has 0 saturated carbocycles. The summed E-state index contributed by atoms with van der Waals surface area (Å²) in [6, 6.07) is 15.4. The van der Waals surface area contributed by atoms with E-state index in [0.29, 0.717) is 47.6 Å². The highest BCUT2D eigenvalue weighted by molar-refractivity contribution is 7.91. The number of rotatable bonds is 9. The van der Waals surface area contributed by atoms with E-state index in [1.165, 1.54) is 0 Å². The Balaban J connectivity index is 1.23. The molecule has 0 radical (unpaired) electrons. The number of ether oxygens (including phenoxy) is 4. The predicted octanol–water partition coefficient (Wildman–Crippen LogP) is 3.94. The Bertz CT molecular complexity index is 1430. The van der Waals surface area contributed by atoms with E-state index in [1.54, 1.807) is 62.5 Å². The second-order valence-electron chi connectivity index (χ2n) is 9.35. The van der Waals surface area contributed by atoms with Crippen molar-refractivity contribution in [3.8, 4) is 28.9 Å². The molecule has 5 rings (SSSR count). The summed E-state index contributed by atoms with van der Waals surface area (Å²) in [5.41, 5.74) is 0.346. The number of aliphatic hydroxyl groups excluding tert-OH is 1. The fourth-order valence-electron chi connectivity index (χ4n) is 3.85. The molecule has 0 unspecified atom stereocenters. The molecule has 1 atom stereocenters. The summed E-state index contributed by atoms with van der Waals surface area (Å²) in [6.07, 6.45) is 2.72. The monoisotopic (exact) mass is 541 g/mol. The lowest BCUT2D eigenvalue weighted by atomic mass is 10.1. The zero-order chi connectivity index (χ0) is 26.9. The normalized spacial score (nSPS) is 17.7. The number of aliphatic hydroxyl groups is 2. The summed E-state index contributed by atoms with van der Waals surface area (Å²) in [4.78, 5) is 4.25. The van der Waals surface area contributed by atoms with Crippen LogP contribution in [0, 0.1) is 0 Å². The van der Waals surface area contributed by atoms with Gasteiger partial charge in [0.2, 0.25) is 11.8 Å². The van der Waals surface area contributed by atoms with E-state index in [4.69, 9.17) is 18.9 Å². The van der Waals surface area contributed by atoms with Crippen LogP contribution in [0.1, 0.15) is 31.9 Å². The van der Waals surface area contributed by atoms with Crippen LogP contribution in [0.15, 0.2) is 72.9 Å². The summed E-state index contributed by atoms with van der Waals surface area (Å²) in [7, 11) is -3.86. The molecule has 12 heteroatoms. The molecule has 0 bridgehead atoms. The largest absolute Gasteiger partial charge is 0.493 e. The molecule has 0 saturated heterocycles. The third-order valence-electron chi connectivity index (χ3n) is 5.74. The van der Waals surface area contributed by atoms with E-state index in [-0.39, 0.29) is 6.61 Å². The molecule has 200 valence electrons. The van der Waals surface area contributed by atoms with Gasteiger partial charge in [-0.25, -0.2) is 14.0 Å². The van der Waals surface area contributed by atoms with Gasteiger partial charge in [0.1, 0.15) is 18.1 Å². The number of hydrogen-bond donors (Lipinski definition) is 3. The van der Waals surface area contributed by atoms with Crippen molar-refractivity contribution in [3.63, 3.8) is 0 Å². The Morgan fingerprint density at radius 1 is 1.13 bits per heavy atom. The van der Waals surface area contributed by atoms with Crippen LogP contribution in [0.4, 0.5) is 5.69 Å². The Kier molecular flexibility index (Phi) is 6.67. The molecule has 3 heterocycles. The van der Waals surface area contributed by atoms with Crippen molar-refractivity contribution in [3.05, 3.63) is 78.4 Å². The van der Waals surface area contributed by atoms with Crippen molar-refractivity contribution in [2.45, 2.75) is 32.0 Å². The minimum atomic E-state index is -3.86. The molecule has 3 aromatic rings. The molecule has 11 nitrogen and oxygen atoms in total. The molecule has 38 heavy (non-hydrogen) atoms. The molecule has 0 spiro atoms. The van der Waals surface area contributed by atoms with E-state index < -0.39 is 27.8 Å². The van der Waals surface area contributed by atoms with E-state index in [1.807, 2.05) is 16.9 Å². The average molecular weight is 542 g/mol. The summed E-state index contributed by atoms with van der Waals surface area (Å²) in [5.74, 6) is 2.08. The van der Waals surface area contributed by atoms with Gasteiger partial charge in [0.15, 0.2) is 17.6 Å². The number of benzene rings is 2. The van der Waals surface area contributed by atoms with Crippen molar-refractivity contribution in [2.24, 2.45) is 0 Å². The van der Waals surface area contributed by atoms with Crippen molar-refractivity contribution in [1.82, 2.24) is 9.71 Å². The zero-order valence-electron chi connectivity index (χ0n) is 20.7. The van der Waals surface area contributed by atoms with Crippen LogP contribution in [0.5, 0.6) is 28.9 Å². The number of nitrogens with one attached hydrogen (secondary N) is 1. The van der Waals surface area contributed by atoms with Gasteiger partial charge in [0, 0.05) is 18.1 Å². The molecule has 0 fully saturated rings.